The number of aliphatic hydroxyl groups excluding tert-OH is 2. The third-order valence-corrected chi connectivity index (χ3v) is 4.65. The van der Waals surface area contributed by atoms with Crippen molar-refractivity contribution < 1.29 is 34.0 Å². The molecule has 0 amide bonds. The van der Waals surface area contributed by atoms with Crippen LogP contribution in [0.5, 0.6) is 11.5 Å². The molecule has 0 bridgehead atoms. The van der Waals surface area contributed by atoms with Crippen LogP contribution in [0.3, 0.4) is 0 Å². The second-order valence-corrected chi connectivity index (χ2v) is 6.62. The fraction of sp³-hybridized carbons (Fsp3) is 0.450. The molecule has 0 saturated carbocycles. The SMILES string of the molecule is COc1cc(O)c2c(c1)/C=C/C[C@H](O)[C@H](O)C(=O)/C(F)=C\[C@@H](C)[C@H](C)OC2. The lowest BCUT2D eigenvalue weighted by molar-refractivity contribution is -0.130. The van der Waals surface area contributed by atoms with E-state index < -0.39 is 35.8 Å². The zero-order chi connectivity index (χ0) is 20.1. The summed E-state index contributed by atoms with van der Waals surface area (Å²) in [7, 11) is 1.47. The van der Waals surface area contributed by atoms with Crippen LogP contribution in [-0.4, -0.2) is 46.5 Å². The Balaban J connectivity index is 2.44. The molecule has 0 aliphatic carbocycles. The van der Waals surface area contributed by atoms with Crippen LogP contribution in [0.1, 0.15) is 31.4 Å². The largest absolute Gasteiger partial charge is 0.507 e. The fourth-order valence-electron chi connectivity index (χ4n) is 2.67. The summed E-state index contributed by atoms with van der Waals surface area (Å²) in [5, 5.41) is 30.2. The molecule has 0 fully saturated rings. The summed E-state index contributed by atoms with van der Waals surface area (Å²) in [4.78, 5) is 11.9. The van der Waals surface area contributed by atoms with Crippen LogP contribution >= 0.6 is 0 Å². The molecule has 7 heteroatoms. The molecule has 6 nitrogen and oxygen atoms in total. The highest BCUT2D eigenvalue weighted by Crippen LogP contribution is 2.30. The lowest BCUT2D eigenvalue weighted by atomic mass is 9.99. The van der Waals surface area contributed by atoms with Gasteiger partial charge in [-0.2, -0.15) is 0 Å². The van der Waals surface area contributed by atoms with Gasteiger partial charge in [0.05, 0.1) is 25.9 Å². The van der Waals surface area contributed by atoms with Crippen molar-refractivity contribution in [1.29, 1.82) is 0 Å². The van der Waals surface area contributed by atoms with Gasteiger partial charge in [-0.05, 0) is 31.1 Å². The van der Waals surface area contributed by atoms with E-state index in [1.54, 1.807) is 26.0 Å². The highest BCUT2D eigenvalue weighted by atomic mass is 19.1. The molecular weight excluding hydrogens is 355 g/mol. The average molecular weight is 380 g/mol. The lowest BCUT2D eigenvalue weighted by Crippen LogP contribution is -2.34. The second kappa shape index (κ2) is 9.12. The first-order chi connectivity index (χ1) is 12.7. The van der Waals surface area contributed by atoms with Crippen molar-refractivity contribution in [3.63, 3.8) is 0 Å². The Labute approximate surface area is 157 Å². The number of halogens is 1. The third kappa shape index (κ3) is 5.15. The summed E-state index contributed by atoms with van der Waals surface area (Å²) in [6.07, 6.45) is 0.347. The number of aliphatic hydroxyl groups is 2. The van der Waals surface area contributed by atoms with E-state index in [1.165, 1.54) is 19.3 Å². The molecule has 1 aliphatic heterocycles. The van der Waals surface area contributed by atoms with E-state index in [2.05, 4.69) is 0 Å². The number of hydrogen-bond donors (Lipinski definition) is 3. The monoisotopic (exact) mass is 380 g/mol. The van der Waals surface area contributed by atoms with Crippen LogP contribution in [0.4, 0.5) is 4.39 Å². The molecule has 0 unspecified atom stereocenters. The third-order valence-electron chi connectivity index (χ3n) is 4.65. The van der Waals surface area contributed by atoms with Gasteiger partial charge in [0.2, 0.25) is 5.78 Å². The standard InChI is InChI=1S/C20H25FO6/c1-11-7-16(21)19(24)20(25)17(22)6-4-5-13-8-14(26-3)9-18(23)15(13)10-27-12(11)2/h4-5,7-9,11-12,17,20,22-23,25H,6,10H2,1-3H3/b5-4+,16-7+/t11-,12+,17+,20+/m1/s1. The lowest BCUT2D eigenvalue weighted by Gasteiger charge is -2.21. The van der Waals surface area contributed by atoms with Gasteiger partial charge in [0.15, 0.2) is 5.83 Å². The summed E-state index contributed by atoms with van der Waals surface area (Å²) in [5.74, 6) is -2.32. The molecule has 0 radical (unpaired) electrons. The van der Waals surface area contributed by atoms with Crippen LogP contribution < -0.4 is 4.74 Å². The second-order valence-electron chi connectivity index (χ2n) is 6.62. The number of carbonyl (C=O) groups excluding carboxylic acids is 1. The molecule has 1 heterocycles. The molecule has 1 aromatic rings. The zero-order valence-corrected chi connectivity index (χ0v) is 15.6. The van der Waals surface area contributed by atoms with Crippen molar-refractivity contribution in [2.24, 2.45) is 5.92 Å². The Kier molecular flexibility index (Phi) is 7.12. The van der Waals surface area contributed by atoms with Gasteiger partial charge in [0.1, 0.15) is 17.6 Å². The van der Waals surface area contributed by atoms with Crippen molar-refractivity contribution in [1.82, 2.24) is 0 Å². The van der Waals surface area contributed by atoms with Crippen LogP contribution in [0.2, 0.25) is 0 Å². The summed E-state index contributed by atoms with van der Waals surface area (Å²) in [6, 6.07) is 3.16. The number of aromatic hydroxyl groups is 1. The number of phenols is 1. The summed E-state index contributed by atoms with van der Waals surface area (Å²) in [6.45, 7) is 3.45. The van der Waals surface area contributed by atoms with Gasteiger partial charge in [0.25, 0.3) is 0 Å². The van der Waals surface area contributed by atoms with E-state index in [0.29, 0.717) is 16.9 Å². The number of Topliss-reactive ketones (excluding diaryl/α,β-unsaturated/α-hetero) is 1. The summed E-state index contributed by atoms with van der Waals surface area (Å²) >= 11 is 0. The highest BCUT2D eigenvalue weighted by Gasteiger charge is 2.28. The number of ether oxygens (including phenoxy) is 2. The van der Waals surface area contributed by atoms with Crippen LogP contribution in [0.25, 0.3) is 6.08 Å². The van der Waals surface area contributed by atoms with Crippen LogP contribution in [0.15, 0.2) is 30.1 Å². The Morgan fingerprint density at radius 1 is 1.26 bits per heavy atom. The number of hydrogen-bond acceptors (Lipinski definition) is 6. The number of benzene rings is 1. The van der Waals surface area contributed by atoms with E-state index in [0.717, 1.165) is 6.08 Å². The molecule has 27 heavy (non-hydrogen) atoms. The molecule has 0 spiro atoms. The number of methoxy groups -OCH3 is 1. The summed E-state index contributed by atoms with van der Waals surface area (Å²) in [5.41, 5.74) is 1.12. The van der Waals surface area contributed by atoms with Gasteiger partial charge in [-0.15, -0.1) is 0 Å². The number of ketones is 1. The zero-order valence-electron chi connectivity index (χ0n) is 15.6. The van der Waals surface area contributed by atoms with Crippen molar-refractivity contribution in [3.05, 3.63) is 41.2 Å². The average Bonchev–Trinajstić information content (AvgIpc) is 2.64. The maximum absolute atomic E-state index is 14.1. The minimum atomic E-state index is -1.87. The van der Waals surface area contributed by atoms with Crippen LogP contribution in [0, 0.1) is 5.92 Å². The van der Waals surface area contributed by atoms with E-state index in [9.17, 15) is 24.5 Å². The predicted molar refractivity (Wildman–Crippen MR) is 97.9 cm³/mol. The molecule has 1 aromatic carbocycles. The molecule has 148 valence electrons. The van der Waals surface area contributed by atoms with Crippen molar-refractivity contribution in [3.8, 4) is 11.5 Å². The van der Waals surface area contributed by atoms with Gasteiger partial charge in [-0.1, -0.05) is 19.1 Å². The Bertz CT molecular complexity index is 742. The maximum Gasteiger partial charge on any atom is 0.221 e. The number of carbonyl (C=O) groups is 1. The topological polar surface area (TPSA) is 96.2 Å². The number of fused-ring (bicyclic) bond motifs is 1. The van der Waals surface area contributed by atoms with Gasteiger partial charge < -0.3 is 24.8 Å². The van der Waals surface area contributed by atoms with Gasteiger partial charge >= 0.3 is 0 Å². The Hall–Kier alpha value is -2.22. The Morgan fingerprint density at radius 2 is 1.96 bits per heavy atom. The van der Waals surface area contributed by atoms with Gasteiger partial charge in [0, 0.05) is 17.5 Å². The van der Waals surface area contributed by atoms with E-state index >= 15 is 0 Å². The first kappa shape index (κ1) is 21.1. The molecule has 4 atom stereocenters. The highest BCUT2D eigenvalue weighted by molar-refractivity contribution is 5.97. The molecule has 3 N–H and O–H groups in total. The first-order valence-electron chi connectivity index (χ1n) is 8.70. The minimum Gasteiger partial charge on any atom is -0.507 e. The quantitative estimate of drug-likeness (QED) is 0.693. The number of rotatable bonds is 1. The van der Waals surface area contributed by atoms with Crippen molar-refractivity contribution in [2.45, 2.75) is 45.2 Å². The first-order valence-corrected chi connectivity index (χ1v) is 8.70. The van der Waals surface area contributed by atoms with E-state index in [4.69, 9.17) is 9.47 Å². The van der Waals surface area contributed by atoms with Crippen LogP contribution in [-0.2, 0) is 16.1 Å². The van der Waals surface area contributed by atoms with Crippen molar-refractivity contribution in [2.75, 3.05) is 7.11 Å². The molecule has 0 saturated heterocycles. The smallest absolute Gasteiger partial charge is 0.221 e. The predicted octanol–water partition coefficient (Wildman–Crippen LogP) is 2.50. The number of phenolic OH excluding ortho intramolecular Hbond substituents is 1. The van der Waals surface area contributed by atoms with Gasteiger partial charge in [-0.3, -0.25) is 4.79 Å². The van der Waals surface area contributed by atoms with Crippen molar-refractivity contribution >= 4 is 11.9 Å². The van der Waals surface area contributed by atoms with E-state index in [-0.39, 0.29) is 18.8 Å². The molecule has 1 aliphatic rings. The summed E-state index contributed by atoms with van der Waals surface area (Å²) < 4.78 is 25.0. The molecule has 2 rings (SSSR count). The van der Waals surface area contributed by atoms with E-state index in [1.807, 2.05) is 0 Å². The Morgan fingerprint density at radius 3 is 2.63 bits per heavy atom. The normalized spacial score (nSPS) is 30.6. The fourth-order valence-corrected chi connectivity index (χ4v) is 2.67. The maximum atomic E-state index is 14.1. The molecule has 0 aromatic heterocycles. The molecular formula is C20H25FO6. The minimum absolute atomic E-state index is 0.0153. The van der Waals surface area contributed by atoms with Gasteiger partial charge in [-0.25, -0.2) is 4.39 Å².